The van der Waals surface area contributed by atoms with Gasteiger partial charge < -0.3 is 10.1 Å². The lowest BCUT2D eigenvalue weighted by atomic mass is 9.95. The number of hydrogen-bond acceptors (Lipinski definition) is 2. The molecule has 2 heterocycles. The highest BCUT2D eigenvalue weighted by Gasteiger charge is 2.40. The number of halogens is 3. The van der Waals surface area contributed by atoms with Gasteiger partial charge in [-0.2, -0.15) is 13.2 Å². The van der Waals surface area contributed by atoms with Gasteiger partial charge in [-0.3, -0.25) is 0 Å². The van der Waals surface area contributed by atoms with Gasteiger partial charge in [0, 0.05) is 12.6 Å². The predicted octanol–water partition coefficient (Wildman–Crippen LogP) is 1.85. The van der Waals surface area contributed by atoms with Gasteiger partial charge in [0.05, 0.1) is 18.6 Å². The SMILES string of the molecule is FC(F)(F)CCNC1CC2CCC1O2. The van der Waals surface area contributed by atoms with Crippen LogP contribution in [0.5, 0.6) is 0 Å². The first-order valence-corrected chi connectivity index (χ1v) is 5.00. The molecule has 2 aliphatic heterocycles. The predicted molar refractivity (Wildman–Crippen MR) is 45.0 cm³/mol. The Morgan fingerprint density at radius 1 is 1.29 bits per heavy atom. The molecule has 0 aromatic heterocycles. The first kappa shape index (κ1) is 10.2. The summed E-state index contributed by atoms with van der Waals surface area (Å²) in [7, 11) is 0. The molecule has 0 saturated carbocycles. The van der Waals surface area contributed by atoms with Gasteiger partial charge in [-0.05, 0) is 19.3 Å². The van der Waals surface area contributed by atoms with Gasteiger partial charge in [0.15, 0.2) is 0 Å². The molecule has 2 bridgehead atoms. The van der Waals surface area contributed by atoms with Crippen LogP contribution in [0.2, 0.25) is 0 Å². The normalized spacial score (nSPS) is 36.6. The molecule has 3 unspecified atom stereocenters. The van der Waals surface area contributed by atoms with E-state index in [1.165, 1.54) is 0 Å². The molecular weight excluding hydrogens is 195 g/mol. The molecule has 0 spiro atoms. The number of alkyl halides is 3. The number of fused-ring (bicyclic) bond motifs is 2. The van der Waals surface area contributed by atoms with E-state index in [0.29, 0.717) is 6.10 Å². The van der Waals surface area contributed by atoms with Gasteiger partial charge in [0.25, 0.3) is 0 Å². The molecule has 2 rings (SSSR count). The topological polar surface area (TPSA) is 21.3 Å². The molecule has 14 heavy (non-hydrogen) atoms. The fourth-order valence-corrected chi connectivity index (χ4v) is 2.25. The first-order valence-electron chi connectivity index (χ1n) is 5.00. The van der Waals surface area contributed by atoms with Crippen LogP contribution >= 0.6 is 0 Å². The summed E-state index contributed by atoms with van der Waals surface area (Å²) in [5, 5.41) is 2.92. The Balaban J connectivity index is 1.67. The lowest BCUT2D eigenvalue weighted by Crippen LogP contribution is -2.39. The summed E-state index contributed by atoms with van der Waals surface area (Å²) >= 11 is 0. The fraction of sp³-hybridized carbons (Fsp3) is 1.00. The Labute approximate surface area is 80.8 Å². The molecule has 0 aromatic carbocycles. The minimum atomic E-state index is -4.05. The zero-order valence-corrected chi connectivity index (χ0v) is 7.81. The molecule has 0 aromatic rings. The van der Waals surface area contributed by atoms with Crippen LogP contribution in [0.3, 0.4) is 0 Å². The van der Waals surface area contributed by atoms with E-state index >= 15 is 0 Å². The van der Waals surface area contributed by atoms with Crippen LogP contribution in [0.1, 0.15) is 25.7 Å². The summed E-state index contributed by atoms with van der Waals surface area (Å²) in [6.07, 6.45) is -1.40. The van der Waals surface area contributed by atoms with Crippen molar-refractivity contribution in [1.82, 2.24) is 5.32 Å². The lowest BCUT2D eigenvalue weighted by molar-refractivity contribution is -0.133. The molecule has 82 valence electrons. The lowest BCUT2D eigenvalue weighted by Gasteiger charge is -2.20. The van der Waals surface area contributed by atoms with Crippen molar-refractivity contribution >= 4 is 0 Å². The van der Waals surface area contributed by atoms with E-state index in [4.69, 9.17) is 4.74 Å². The van der Waals surface area contributed by atoms with Crippen LogP contribution in [-0.4, -0.2) is 31.0 Å². The Hall–Kier alpha value is -0.290. The van der Waals surface area contributed by atoms with E-state index in [2.05, 4.69) is 5.32 Å². The summed E-state index contributed by atoms with van der Waals surface area (Å²) in [5.74, 6) is 0. The van der Waals surface area contributed by atoms with E-state index in [-0.39, 0.29) is 18.7 Å². The Kier molecular flexibility index (Phi) is 2.70. The zero-order chi connectivity index (χ0) is 10.2. The highest BCUT2D eigenvalue weighted by Crippen LogP contribution is 2.34. The molecule has 3 atom stereocenters. The molecule has 0 radical (unpaired) electrons. The Bertz CT molecular complexity index is 207. The Morgan fingerprint density at radius 3 is 2.57 bits per heavy atom. The van der Waals surface area contributed by atoms with Crippen LogP contribution in [0, 0.1) is 0 Å². The number of rotatable bonds is 3. The molecule has 5 heteroatoms. The molecule has 1 N–H and O–H groups in total. The van der Waals surface area contributed by atoms with Gasteiger partial charge in [-0.15, -0.1) is 0 Å². The number of hydrogen-bond donors (Lipinski definition) is 1. The van der Waals surface area contributed by atoms with Crippen molar-refractivity contribution in [3.05, 3.63) is 0 Å². The van der Waals surface area contributed by atoms with E-state index in [1.807, 2.05) is 0 Å². The van der Waals surface area contributed by atoms with E-state index < -0.39 is 12.6 Å². The van der Waals surface area contributed by atoms with E-state index in [9.17, 15) is 13.2 Å². The second kappa shape index (κ2) is 3.70. The maximum absolute atomic E-state index is 11.8. The highest BCUT2D eigenvalue weighted by molar-refractivity contribution is 4.93. The monoisotopic (exact) mass is 209 g/mol. The van der Waals surface area contributed by atoms with Gasteiger partial charge >= 0.3 is 6.18 Å². The molecule has 2 fully saturated rings. The third-order valence-corrected chi connectivity index (χ3v) is 2.92. The summed E-state index contributed by atoms with van der Waals surface area (Å²) in [6, 6.07) is 0.149. The molecular formula is C9H14F3NO. The van der Waals surface area contributed by atoms with Crippen molar-refractivity contribution in [2.45, 2.75) is 50.1 Å². The quantitative estimate of drug-likeness (QED) is 0.765. The average molecular weight is 209 g/mol. The van der Waals surface area contributed by atoms with Crippen LogP contribution in [0.4, 0.5) is 13.2 Å². The smallest absolute Gasteiger partial charge is 0.373 e. The minimum Gasteiger partial charge on any atom is -0.373 e. The summed E-state index contributed by atoms with van der Waals surface area (Å²) in [6.45, 7) is 0.0146. The molecule has 2 aliphatic rings. The van der Waals surface area contributed by atoms with Crippen molar-refractivity contribution in [2.75, 3.05) is 6.54 Å². The Morgan fingerprint density at radius 2 is 2.07 bits per heavy atom. The summed E-state index contributed by atoms with van der Waals surface area (Å²) < 4.78 is 41.1. The largest absolute Gasteiger partial charge is 0.390 e. The fourth-order valence-electron chi connectivity index (χ4n) is 2.25. The molecule has 2 saturated heterocycles. The minimum absolute atomic E-state index is 0.0146. The van der Waals surface area contributed by atoms with Gasteiger partial charge in [-0.25, -0.2) is 0 Å². The van der Waals surface area contributed by atoms with Crippen molar-refractivity contribution in [2.24, 2.45) is 0 Å². The van der Waals surface area contributed by atoms with E-state index in [0.717, 1.165) is 19.3 Å². The average Bonchev–Trinajstić information content (AvgIpc) is 2.62. The van der Waals surface area contributed by atoms with Crippen LogP contribution in [0.15, 0.2) is 0 Å². The van der Waals surface area contributed by atoms with Gasteiger partial charge in [0.2, 0.25) is 0 Å². The summed E-state index contributed by atoms with van der Waals surface area (Å²) in [5.41, 5.74) is 0. The van der Waals surface area contributed by atoms with Crippen molar-refractivity contribution < 1.29 is 17.9 Å². The van der Waals surface area contributed by atoms with Crippen LogP contribution in [0.25, 0.3) is 0 Å². The van der Waals surface area contributed by atoms with Gasteiger partial charge in [-0.1, -0.05) is 0 Å². The van der Waals surface area contributed by atoms with Crippen LogP contribution < -0.4 is 5.32 Å². The van der Waals surface area contributed by atoms with Gasteiger partial charge in [0.1, 0.15) is 0 Å². The first-order chi connectivity index (χ1) is 6.54. The molecule has 2 nitrogen and oxygen atoms in total. The maximum atomic E-state index is 11.8. The highest BCUT2D eigenvalue weighted by atomic mass is 19.4. The number of ether oxygens (including phenoxy) is 1. The van der Waals surface area contributed by atoms with E-state index in [1.54, 1.807) is 0 Å². The second-order valence-corrected chi connectivity index (χ2v) is 4.04. The standard InChI is InChI=1S/C9H14F3NO/c10-9(11,12)3-4-13-7-5-6-1-2-8(7)14-6/h6-8,13H,1-5H2. The molecule has 0 aliphatic carbocycles. The van der Waals surface area contributed by atoms with Crippen molar-refractivity contribution in [1.29, 1.82) is 0 Å². The maximum Gasteiger partial charge on any atom is 0.390 e. The second-order valence-electron chi connectivity index (χ2n) is 4.04. The third-order valence-electron chi connectivity index (χ3n) is 2.92. The zero-order valence-electron chi connectivity index (χ0n) is 7.81. The van der Waals surface area contributed by atoms with Crippen molar-refractivity contribution in [3.63, 3.8) is 0 Å². The number of nitrogens with one attached hydrogen (secondary N) is 1. The third kappa shape index (κ3) is 2.39. The summed E-state index contributed by atoms with van der Waals surface area (Å²) in [4.78, 5) is 0. The van der Waals surface area contributed by atoms with Crippen LogP contribution in [-0.2, 0) is 4.74 Å². The van der Waals surface area contributed by atoms with Crippen molar-refractivity contribution in [3.8, 4) is 0 Å². The molecule has 0 amide bonds.